The number of nitrogens with one attached hydrogen (secondary N) is 1. The van der Waals surface area contributed by atoms with Crippen molar-refractivity contribution in [3.05, 3.63) is 53.3 Å². The third-order valence-electron chi connectivity index (χ3n) is 4.01. The van der Waals surface area contributed by atoms with Crippen LogP contribution in [0.4, 0.5) is 0 Å². The van der Waals surface area contributed by atoms with Crippen molar-refractivity contribution in [2.45, 2.75) is 11.5 Å². The summed E-state index contributed by atoms with van der Waals surface area (Å²) >= 11 is 1.42. The van der Waals surface area contributed by atoms with Gasteiger partial charge >= 0.3 is 5.97 Å². The number of aromatic nitrogens is 2. The van der Waals surface area contributed by atoms with Gasteiger partial charge in [0.25, 0.3) is 0 Å². The number of sulfonamides is 1. The third-order valence-corrected chi connectivity index (χ3v) is 6.31. The van der Waals surface area contributed by atoms with E-state index in [1.165, 1.54) is 35.2 Å². The second-order valence-electron chi connectivity index (χ2n) is 5.80. The van der Waals surface area contributed by atoms with E-state index in [1.807, 2.05) is 24.3 Å². The highest BCUT2D eigenvalue weighted by Gasteiger charge is 2.20. The molecular formula is C18H19N3O5S2. The Labute approximate surface area is 166 Å². The van der Waals surface area contributed by atoms with Crippen LogP contribution in [0, 0.1) is 0 Å². The average Bonchev–Trinajstić information content (AvgIpc) is 3.33. The van der Waals surface area contributed by atoms with Crippen LogP contribution in [-0.2, 0) is 28.4 Å². The summed E-state index contributed by atoms with van der Waals surface area (Å²) in [6, 6.07) is 8.80. The van der Waals surface area contributed by atoms with Crippen molar-refractivity contribution < 1.29 is 22.7 Å². The predicted molar refractivity (Wildman–Crippen MR) is 105 cm³/mol. The van der Waals surface area contributed by atoms with E-state index < -0.39 is 16.0 Å². The molecule has 0 unspecified atom stereocenters. The Morgan fingerprint density at radius 1 is 1.32 bits per heavy atom. The number of para-hydroxylation sites is 1. The van der Waals surface area contributed by atoms with E-state index >= 15 is 0 Å². The summed E-state index contributed by atoms with van der Waals surface area (Å²) in [6.45, 7) is -0.0240. The molecule has 0 saturated carbocycles. The zero-order valence-electron chi connectivity index (χ0n) is 15.5. The molecule has 148 valence electrons. The number of carbonyl (C=O) groups is 1. The quantitative estimate of drug-likeness (QED) is 0.588. The fraction of sp³-hybridized carbons (Fsp3) is 0.222. The number of esters is 1. The molecule has 0 aliphatic rings. The molecule has 2 heterocycles. The third kappa shape index (κ3) is 4.08. The smallest absolute Gasteiger partial charge is 0.355 e. The summed E-state index contributed by atoms with van der Waals surface area (Å²) in [5, 5.41) is 2.56. The van der Waals surface area contributed by atoms with E-state index in [9.17, 15) is 13.2 Å². The molecule has 0 spiro atoms. The Morgan fingerprint density at radius 3 is 2.79 bits per heavy atom. The van der Waals surface area contributed by atoms with Crippen LogP contribution in [0.5, 0.6) is 5.75 Å². The predicted octanol–water partition coefficient (Wildman–Crippen LogP) is 2.42. The molecule has 10 heteroatoms. The first-order chi connectivity index (χ1) is 13.4. The van der Waals surface area contributed by atoms with Gasteiger partial charge in [0, 0.05) is 18.6 Å². The Bertz CT molecular complexity index is 1100. The molecular weight excluding hydrogens is 402 g/mol. The topological polar surface area (TPSA) is 99.5 Å². The summed E-state index contributed by atoms with van der Waals surface area (Å²) in [5.74, 6) is 0.0781. The Kier molecular flexibility index (Phi) is 5.82. The maximum Gasteiger partial charge on any atom is 0.355 e. The molecule has 0 atom stereocenters. The summed E-state index contributed by atoms with van der Waals surface area (Å²) in [6.07, 6.45) is 1.35. The molecule has 0 aliphatic carbocycles. The first-order valence-electron chi connectivity index (χ1n) is 8.20. The van der Waals surface area contributed by atoms with Gasteiger partial charge in [-0.3, -0.25) is 0 Å². The minimum atomic E-state index is -3.64. The Balaban J connectivity index is 1.72. The van der Waals surface area contributed by atoms with Crippen LogP contribution in [0.25, 0.3) is 10.6 Å². The number of hydrogen-bond acceptors (Lipinski definition) is 7. The largest absolute Gasteiger partial charge is 0.496 e. The first kappa shape index (κ1) is 20.1. The summed E-state index contributed by atoms with van der Waals surface area (Å²) in [7, 11) is 0.844. The molecule has 1 N–H and O–H groups in total. The fourth-order valence-corrected chi connectivity index (χ4v) is 4.17. The van der Waals surface area contributed by atoms with Crippen molar-refractivity contribution in [2.75, 3.05) is 14.2 Å². The highest BCUT2D eigenvalue weighted by Crippen LogP contribution is 2.32. The molecule has 3 aromatic rings. The maximum absolute atomic E-state index is 12.3. The number of carbonyl (C=O) groups excluding carboxylic acids is 1. The van der Waals surface area contributed by atoms with Gasteiger partial charge in [-0.25, -0.2) is 22.9 Å². The minimum absolute atomic E-state index is 0.00318. The monoisotopic (exact) mass is 421 g/mol. The lowest BCUT2D eigenvalue weighted by Crippen LogP contribution is -2.17. The van der Waals surface area contributed by atoms with Gasteiger partial charge in [-0.15, -0.1) is 11.3 Å². The number of hydrogen-bond donors (Lipinski definition) is 1. The van der Waals surface area contributed by atoms with Crippen LogP contribution in [0.1, 0.15) is 16.2 Å². The molecule has 1 aromatic carbocycles. The molecule has 0 aliphatic heterocycles. The number of methoxy groups -OCH3 is 1. The van der Waals surface area contributed by atoms with E-state index in [2.05, 4.69) is 9.71 Å². The first-order valence-corrected chi connectivity index (χ1v) is 10.6. The standard InChI is InChI=1S/C18H19N3O5S2/c1-19-28(23,24)13-8-15(21(2)9-13)18(22)26-10-12-11-27-17(20-12)14-6-4-5-7-16(14)25-3/h4-9,11,19H,10H2,1-3H3. The minimum Gasteiger partial charge on any atom is -0.496 e. The molecule has 3 rings (SSSR count). The van der Waals surface area contributed by atoms with Crippen molar-refractivity contribution in [3.63, 3.8) is 0 Å². The van der Waals surface area contributed by atoms with Gasteiger partial charge in [0.05, 0.1) is 18.4 Å². The lowest BCUT2D eigenvalue weighted by molar-refractivity contribution is 0.0457. The van der Waals surface area contributed by atoms with Gasteiger partial charge in [-0.05, 0) is 25.2 Å². The normalized spacial score (nSPS) is 11.4. The highest BCUT2D eigenvalue weighted by atomic mass is 32.2. The Hall–Kier alpha value is -2.69. The van der Waals surface area contributed by atoms with E-state index in [1.54, 1.807) is 19.5 Å². The van der Waals surface area contributed by atoms with Crippen molar-refractivity contribution in [1.29, 1.82) is 0 Å². The second-order valence-corrected chi connectivity index (χ2v) is 8.54. The number of nitrogens with zero attached hydrogens (tertiary/aromatic N) is 2. The maximum atomic E-state index is 12.3. The fourth-order valence-electron chi connectivity index (χ4n) is 2.53. The van der Waals surface area contributed by atoms with Crippen LogP contribution < -0.4 is 9.46 Å². The van der Waals surface area contributed by atoms with Crippen LogP contribution in [0.15, 0.2) is 46.8 Å². The number of ether oxygens (including phenoxy) is 2. The van der Waals surface area contributed by atoms with Crippen molar-refractivity contribution in [1.82, 2.24) is 14.3 Å². The lowest BCUT2D eigenvalue weighted by atomic mass is 10.2. The molecule has 0 radical (unpaired) electrons. The van der Waals surface area contributed by atoms with Gasteiger partial charge in [-0.1, -0.05) is 12.1 Å². The number of thiazole rings is 1. The molecule has 0 bridgehead atoms. The summed E-state index contributed by atoms with van der Waals surface area (Å²) in [4.78, 5) is 16.8. The SMILES string of the molecule is CNS(=O)(=O)c1cc(C(=O)OCc2csc(-c3ccccc3OC)n2)n(C)c1. The van der Waals surface area contributed by atoms with Crippen LogP contribution in [0.3, 0.4) is 0 Å². The van der Waals surface area contributed by atoms with Gasteiger partial charge in [0.2, 0.25) is 10.0 Å². The van der Waals surface area contributed by atoms with Crippen LogP contribution in [0.2, 0.25) is 0 Å². The molecule has 0 fully saturated rings. The molecule has 0 amide bonds. The molecule has 8 nitrogen and oxygen atoms in total. The van der Waals surface area contributed by atoms with E-state index in [0.717, 1.165) is 10.6 Å². The van der Waals surface area contributed by atoms with Crippen molar-refractivity contribution >= 4 is 27.3 Å². The zero-order valence-corrected chi connectivity index (χ0v) is 17.1. The Morgan fingerprint density at radius 2 is 2.07 bits per heavy atom. The van der Waals surface area contributed by atoms with E-state index in [4.69, 9.17) is 9.47 Å². The second kappa shape index (κ2) is 8.13. The van der Waals surface area contributed by atoms with Gasteiger partial charge in [-0.2, -0.15) is 0 Å². The molecule has 2 aromatic heterocycles. The highest BCUT2D eigenvalue weighted by molar-refractivity contribution is 7.89. The lowest BCUT2D eigenvalue weighted by Gasteiger charge is -2.05. The van der Waals surface area contributed by atoms with Crippen molar-refractivity contribution in [2.24, 2.45) is 7.05 Å². The van der Waals surface area contributed by atoms with Gasteiger partial charge < -0.3 is 14.0 Å². The number of benzene rings is 1. The summed E-state index contributed by atoms with van der Waals surface area (Å²) < 4.78 is 38.0. The van der Waals surface area contributed by atoms with E-state index in [-0.39, 0.29) is 17.2 Å². The van der Waals surface area contributed by atoms with Crippen molar-refractivity contribution in [3.8, 4) is 16.3 Å². The number of rotatable bonds is 7. The van der Waals surface area contributed by atoms with Crippen LogP contribution >= 0.6 is 11.3 Å². The van der Waals surface area contributed by atoms with Crippen LogP contribution in [-0.4, -0.2) is 38.1 Å². The zero-order chi connectivity index (χ0) is 20.3. The average molecular weight is 422 g/mol. The summed E-state index contributed by atoms with van der Waals surface area (Å²) in [5.41, 5.74) is 1.59. The van der Waals surface area contributed by atoms with Gasteiger partial charge in [0.1, 0.15) is 28.0 Å². The number of aryl methyl sites for hydroxylation is 1. The van der Waals surface area contributed by atoms with E-state index in [0.29, 0.717) is 11.4 Å². The van der Waals surface area contributed by atoms with Gasteiger partial charge in [0.15, 0.2) is 0 Å². The molecule has 28 heavy (non-hydrogen) atoms. The molecule has 0 saturated heterocycles.